The number of rotatable bonds is 7. The Morgan fingerprint density at radius 3 is 2.70 bits per heavy atom. The lowest BCUT2D eigenvalue weighted by atomic mass is 10.2. The number of aromatic carboxylic acids is 1. The Morgan fingerprint density at radius 2 is 2.09 bits per heavy atom. The molecule has 0 saturated carbocycles. The summed E-state index contributed by atoms with van der Waals surface area (Å²) < 4.78 is 15.7. The minimum Gasteiger partial charge on any atom is -0.493 e. The smallest absolute Gasteiger partial charge is 0.335 e. The number of methoxy groups -OCH3 is 1. The minimum atomic E-state index is -1.07. The van der Waals surface area contributed by atoms with Crippen LogP contribution in [0.25, 0.3) is 0 Å². The van der Waals surface area contributed by atoms with Gasteiger partial charge in [-0.15, -0.1) is 0 Å². The van der Waals surface area contributed by atoms with E-state index in [1.807, 2.05) is 0 Å². The summed E-state index contributed by atoms with van der Waals surface area (Å²) in [6, 6.07) is 7.39. The van der Waals surface area contributed by atoms with Crippen LogP contribution >= 0.6 is 0 Å². The van der Waals surface area contributed by atoms with Crippen LogP contribution in [0.3, 0.4) is 0 Å². The summed E-state index contributed by atoms with van der Waals surface area (Å²) in [4.78, 5) is 22.8. The van der Waals surface area contributed by atoms with E-state index in [0.717, 1.165) is 0 Å². The first-order valence-corrected chi connectivity index (χ1v) is 6.88. The van der Waals surface area contributed by atoms with Gasteiger partial charge in [0.2, 0.25) is 0 Å². The number of amides is 1. The standard InChI is InChI=1S/C16H17NO6/c1-10(12-4-3-7-22-12)17-15(18)9-23-13-6-5-11(16(19)20)8-14(13)21-2/h3-8,10H,9H2,1-2H3,(H,17,18)(H,19,20)/t10-/m0/s1. The molecule has 0 spiro atoms. The Labute approximate surface area is 132 Å². The van der Waals surface area contributed by atoms with Crippen LogP contribution < -0.4 is 14.8 Å². The number of ether oxygens (including phenoxy) is 2. The maximum Gasteiger partial charge on any atom is 0.335 e. The van der Waals surface area contributed by atoms with Crippen molar-refractivity contribution in [1.29, 1.82) is 0 Å². The number of hydrogen-bond acceptors (Lipinski definition) is 5. The van der Waals surface area contributed by atoms with E-state index in [1.54, 1.807) is 19.1 Å². The number of carbonyl (C=O) groups is 2. The van der Waals surface area contributed by atoms with Crippen LogP contribution in [0.1, 0.15) is 29.1 Å². The summed E-state index contributed by atoms with van der Waals surface area (Å²) in [7, 11) is 1.40. The molecule has 0 radical (unpaired) electrons. The molecule has 0 aliphatic heterocycles. The van der Waals surface area contributed by atoms with Crippen molar-refractivity contribution in [3.8, 4) is 11.5 Å². The van der Waals surface area contributed by atoms with E-state index in [1.165, 1.54) is 31.6 Å². The third kappa shape index (κ3) is 4.26. The van der Waals surface area contributed by atoms with Crippen LogP contribution in [-0.4, -0.2) is 30.7 Å². The second-order valence-electron chi connectivity index (χ2n) is 4.76. The fraction of sp³-hybridized carbons (Fsp3) is 0.250. The Kier molecular flexibility index (Phi) is 5.24. The van der Waals surface area contributed by atoms with Crippen LogP contribution in [-0.2, 0) is 4.79 Å². The largest absolute Gasteiger partial charge is 0.493 e. The molecule has 2 N–H and O–H groups in total. The number of carbonyl (C=O) groups excluding carboxylic acids is 1. The molecule has 122 valence electrons. The lowest BCUT2D eigenvalue weighted by Gasteiger charge is -2.13. The Balaban J connectivity index is 1.95. The van der Waals surface area contributed by atoms with Crippen LogP contribution in [0, 0.1) is 0 Å². The molecule has 7 nitrogen and oxygen atoms in total. The summed E-state index contributed by atoms with van der Waals surface area (Å²) in [6.45, 7) is 1.56. The first kappa shape index (κ1) is 16.4. The number of carboxylic acid groups (broad SMARTS) is 1. The normalized spacial score (nSPS) is 11.6. The summed E-state index contributed by atoms with van der Waals surface area (Å²) in [6.07, 6.45) is 1.53. The molecule has 2 rings (SSSR count). The van der Waals surface area contributed by atoms with Crippen LogP contribution in [0.2, 0.25) is 0 Å². The fourth-order valence-corrected chi connectivity index (χ4v) is 1.96. The molecule has 2 aromatic rings. The van der Waals surface area contributed by atoms with Crippen molar-refractivity contribution >= 4 is 11.9 Å². The summed E-state index contributed by atoms with van der Waals surface area (Å²) in [5.41, 5.74) is 0.0742. The van der Waals surface area contributed by atoms with Crippen LogP contribution in [0.5, 0.6) is 11.5 Å². The van der Waals surface area contributed by atoms with Crippen LogP contribution in [0.4, 0.5) is 0 Å². The van der Waals surface area contributed by atoms with Crippen LogP contribution in [0.15, 0.2) is 41.0 Å². The molecule has 0 saturated heterocycles. The van der Waals surface area contributed by atoms with Gasteiger partial charge in [0, 0.05) is 0 Å². The Morgan fingerprint density at radius 1 is 1.30 bits per heavy atom. The topological polar surface area (TPSA) is 98.0 Å². The van der Waals surface area contributed by atoms with Gasteiger partial charge in [-0.05, 0) is 37.3 Å². The molecule has 0 bridgehead atoms. The molecule has 1 atom stereocenters. The number of nitrogens with one attached hydrogen (secondary N) is 1. The Bertz CT molecular complexity index is 680. The van der Waals surface area contributed by atoms with Gasteiger partial charge >= 0.3 is 5.97 Å². The van der Waals surface area contributed by atoms with Gasteiger partial charge in [-0.25, -0.2) is 4.79 Å². The molecule has 1 heterocycles. The predicted octanol–water partition coefficient (Wildman–Crippen LogP) is 2.24. The van der Waals surface area contributed by atoms with E-state index in [4.69, 9.17) is 19.0 Å². The van der Waals surface area contributed by atoms with Gasteiger partial charge in [-0.3, -0.25) is 4.79 Å². The van der Waals surface area contributed by atoms with Crippen molar-refractivity contribution < 1.29 is 28.6 Å². The number of furan rings is 1. The van der Waals surface area contributed by atoms with Gasteiger partial charge in [0.15, 0.2) is 18.1 Å². The zero-order valence-corrected chi connectivity index (χ0v) is 12.7. The van der Waals surface area contributed by atoms with Crippen molar-refractivity contribution in [3.05, 3.63) is 47.9 Å². The average Bonchev–Trinajstić information content (AvgIpc) is 3.07. The van der Waals surface area contributed by atoms with Crippen molar-refractivity contribution in [3.63, 3.8) is 0 Å². The molecule has 0 aliphatic rings. The van der Waals surface area contributed by atoms with Gasteiger partial charge in [0.05, 0.1) is 25.0 Å². The third-order valence-corrected chi connectivity index (χ3v) is 3.12. The van der Waals surface area contributed by atoms with E-state index >= 15 is 0 Å². The third-order valence-electron chi connectivity index (χ3n) is 3.12. The summed E-state index contributed by atoms with van der Waals surface area (Å²) in [5, 5.41) is 11.7. The number of benzene rings is 1. The van der Waals surface area contributed by atoms with Gasteiger partial charge in [-0.1, -0.05) is 0 Å². The SMILES string of the molecule is COc1cc(C(=O)O)ccc1OCC(=O)N[C@@H](C)c1ccco1. The molecule has 1 aromatic heterocycles. The zero-order valence-electron chi connectivity index (χ0n) is 12.7. The molecule has 1 amide bonds. The van der Waals surface area contributed by atoms with E-state index in [0.29, 0.717) is 11.5 Å². The van der Waals surface area contributed by atoms with Crippen molar-refractivity contribution in [2.75, 3.05) is 13.7 Å². The second-order valence-corrected chi connectivity index (χ2v) is 4.76. The maximum atomic E-state index is 11.9. The maximum absolute atomic E-state index is 11.9. The highest BCUT2D eigenvalue weighted by atomic mass is 16.5. The predicted molar refractivity (Wildman–Crippen MR) is 80.7 cm³/mol. The lowest BCUT2D eigenvalue weighted by Crippen LogP contribution is -2.31. The molecule has 0 fully saturated rings. The van der Waals surface area contributed by atoms with Crippen molar-refractivity contribution in [1.82, 2.24) is 5.32 Å². The molecule has 0 unspecified atom stereocenters. The van der Waals surface area contributed by atoms with Gasteiger partial charge in [-0.2, -0.15) is 0 Å². The number of carboxylic acids is 1. The first-order valence-electron chi connectivity index (χ1n) is 6.88. The highest BCUT2D eigenvalue weighted by Crippen LogP contribution is 2.28. The van der Waals surface area contributed by atoms with E-state index in [2.05, 4.69) is 5.32 Å². The fourth-order valence-electron chi connectivity index (χ4n) is 1.96. The average molecular weight is 319 g/mol. The van der Waals surface area contributed by atoms with Gasteiger partial charge < -0.3 is 24.3 Å². The molecule has 0 aliphatic carbocycles. The molecular formula is C16H17NO6. The van der Waals surface area contributed by atoms with Gasteiger partial charge in [0.1, 0.15) is 5.76 Å². The molecule has 23 heavy (non-hydrogen) atoms. The monoisotopic (exact) mass is 319 g/mol. The first-order chi connectivity index (χ1) is 11.0. The molecule has 7 heteroatoms. The van der Waals surface area contributed by atoms with E-state index < -0.39 is 5.97 Å². The summed E-state index contributed by atoms with van der Waals surface area (Å²) in [5.74, 6) is -0.227. The Hall–Kier alpha value is -2.96. The second kappa shape index (κ2) is 7.35. The molecule has 1 aromatic carbocycles. The van der Waals surface area contributed by atoms with Crippen molar-refractivity contribution in [2.45, 2.75) is 13.0 Å². The highest BCUT2D eigenvalue weighted by Gasteiger charge is 2.14. The van der Waals surface area contributed by atoms with E-state index in [-0.39, 0.29) is 29.9 Å². The summed E-state index contributed by atoms with van der Waals surface area (Å²) >= 11 is 0. The van der Waals surface area contributed by atoms with E-state index in [9.17, 15) is 9.59 Å². The number of hydrogen-bond donors (Lipinski definition) is 2. The zero-order chi connectivity index (χ0) is 16.8. The highest BCUT2D eigenvalue weighted by molar-refractivity contribution is 5.88. The molecular weight excluding hydrogens is 302 g/mol. The minimum absolute atomic E-state index is 0.0742. The lowest BCUT2D eigenvalue weighted by molar-refractivity contribution is -0.123. The quantitative estimate of drug-likeness (QED) is 0.812. The van der Waals surface area contributed by atoms with Gasteiger partial charge in [0.25, 0.3) is 5.91 Å². The van der Waals surface area contributed by atoms with Crippen molar-refractivity contribution in [2.24, 2.45) is 0 Å².